The zero-order chi connectivity index (χ0) is 19.7. The molecular weight excluding hydrogens is 377 g/mol. The Morgan fingerprint density at radius 2 is 1.96 bits per heavy atom. The molecule has 26 heavy (non-hydrogen) atoms. The normalized spacial score (nSPS) is 16.9. The molecule has 1 aromatic heterocycles. The van der Waals surface area contributed by atoms with E-state index in [-0.39, 0.29) is 18.5 Å². The van der Waals surface area contributed by atoms with Crippen molar-refractivity contribution in [3.63, 3.8) is 0 Å². The molecule has 1 saturated heterocycles. The van der Waals surface area contributed by atoms with Gasteiger partial charge in [0.25, 0.3) is 5.69 Å². The summed E-state index contributed by atoms with van der Waals surface area (Å²) >= 11 is 0. The highest BCUT2D eigenvalue weighted by Crippen LogP contribution is 2.28. The Kier molecular flexibility index (Phi) is 5.76. The van der Waals surface area contributed by atoms with E-state index in [0.717, 1.165) is 12.5 Å². The van der Waals surface area contributed by atoms with Crippen molar-refractivity contribution in [2.45, 2.75) is 32.0 Å². The van der Waals surface area contributed by atoms with E-state index in [2.05, 4.69) is 4.98 Å². The summed E-state index contributed by atoms with van der Waals surface area (Å²) in [6.07, 6.45) is -2.28. The molecule has 1 aliphatic heterocycles. The molecule has 0 saturated carbocycles. The van der Waals surface area contributed by atoms with E-state index in [1.165, 1.54) is 0 Å². The lowest BCUT2D eigenvalue weighted by Crippen LogP contribution is -2.50. The Balaban J connectivity index is 2.10. The Morgan fingerprint density at radius 1 is 1.38 bits per heavy atom. The molecule has 0 spiro atoms. The van der Waals surface area contributed by atoms with Crippen LogP contribution in [0.5, 0.6) is 0 Å². The van der Waals surface area contributed by atoms with Crippen molar-refractivity contribution in [1.82, 2.24) is 9.29 Å². The van der Waals surface area contributed by atoms with Gasteiger partial charge in [0, 0.05) is 24.7 Å². The SMILES string of the molecule is Cc1cc(N2CCC(N(CC(F)(F)F)S(C)(=O)=O)CC2)ncc1[N+](=O)[O-]. The Morgan fingerprint density at radius 3 is 2.38 bits per heavy atom. The zero-order valence-electron chi connectivity index (χ0n) is 14.2. The summed E-state index contributed by atoms with van der Waals surface area (Å²) in [4.78, 5) is 16.1. The molecule has 0 aromatic carbocycles. The molecule has 1 fully saturated rings. The van der Waals surface area contributed by atoms with Gasteiger partial charge in [-0.25, -0.2) is 13.4 Å². The largest absolute Gasteiger partial charge is 0.402 e. The summed E-state index contributed by atoms with van der Waals surface area (Å²) in [7, 11) is -4.00. The van der Waals surface area contributed by atoms with Crippen molar-refractivity contribution in [1.29, 1.82) is 0 Å². The van der Waals surface area contributed by atoms with Crippen LogP contribution >= 0.6 is 0 Å². The highest BCUT2D eigenvalue weighted by Gasteiger charge is 2.39. The number of hydrogen-bond donors (Lipinski definition) is 0. The predicted molar refractivity (Wildman–Crippen MR) is 88.5 cm³/mol. The number of alkyl halides is 3. The number of piperidine rings is 1. The molecular formula is C14H19F3N4O4S. The van der Waals surface area contributed by atoms with Crippen LogP contribution in [0.4, 0.5) is 24.7 Å². The fourth-order valence-electron chi connectivity index (χ4n) is 2.97. The Hall–Kier alpha value is -1.95. The second-order valence-corrected chi connectivity index (χ2v) is 8.16. The quantitative estimate of drug-likeness (QED) is 0.559. The molecule has 146 valence electrons. The molecule has 0 N–H and O–H groups in total. The highest BCUT2D eigenvalue weighted by molar-refractivity contribution is 7.88. The van der Waals surface area contributed by atoms with Gasteiger partial charge in [0.05, 0.1) is 11.2 Å². The maximum atomic E-state index is 12.7. The molecule has 0 aliphatic carbocycles. The van der Waals surface area contributed by atoms with E-state index in [0.29, 0.717) is 28.8 Å². The first-order valence-corrected chi connectivity index (χ1v) is 9.63. The minimum Gasteiger partial charge on any atom is -0.356 e. The number of sulfonamides is 1. The standard InChI is InChI=1S/C14H19F3N4O4S/c1-10-7-13(18-8-12(10)21(22)23)19-5-3-11(4-6-19)20(26(2,24)25)9-14(15,16)17/h7-8,11H,3-6,9H2,1-2H3. The molecule has 2 heterocycles. The van der Waals surface area contributed by atoms with Crippen LogP contribution in [-0.2, 0) is 10.0 Å². The second kappa shape index (κ2) is 7.35. The fourth-order valence-corrected chi connectivity index (χ4v) is 4.11. The van der Waals surface area contributed by atoms with Gasteiger partial charge in [0.1, 0.15) is 18.6 Å². The van der Waals surface area contributed by atoms with Crippen LogP contribution in [0.3, 0.4) is 0 Å². The van der Waals surface area contributed by atoms with Gasteiger partial charge in [-0.3, -0.25) is 10.1 Å². The summed E-state index contributed by atoms with van der Waals surface area (Å²) in [5.74, 6) is 0.480. The molecule has 0 amide bonds. The molecule has 0 unspecified atom stereocenters. The first-order chi connectivity index (χ1) is 11.9. The molecule has 0 atom stereocenters. The number of nitrogens with zero attached hydrogens (tertiary/aromatic N) is 4. The second-order valence-electron chi connectivity index (χ2n) is 6.23. The lowest BCUT2D eigenvalue weighted by atomic mass is 10.0. The van der Waals surface area contributed by atoms with Gasteiger partial charge >= 0.3 is 6.18 Å². The van der Waals surface area contributed by atoms with E-state index in [1.807, 2.05) is 0 Å². The third-order valence-corrected chi connectivity index (χ3v) is 5.50. The van der Waals surface area contributed by atoms with E-state index in [4.69, 9.17) is 0 Å². The summed E-state index contributed by atoms with van der Waals surface area (Å²) in [6.45, 7) is 0.674. The van der Waals surface area contributed by atoms with Gasteiger partial charge in [-0.15, -0.1) is 0 Å². The van der Waals surface area contributed by atoms with E-state index in [9.17, 15) is 31.7 Å². The van der Waals surface area contributed by atoms with Gasteiger partial charge in [0.15, 0.2) is 0 Å². The number of pyridine rings is 1. The predicted octanol–water partition coefficient (Wildman–Crippen LogP) is 2.09. The topological polar surface area (TPSA) is 96.7 Å². The van der Waals surface area contributed by atoms with E-state index < -0.39 is 33.7 Å². The number of aryl methyl sites for hydroxylation is 1. The van der Waals surface area contributed by atoms with E-state index >= 15 is 0 Å². The van der Waals surface area contributed by atoms with Gasteiger partial charge in [-0.1, -0.05) is 0 Å². The Labute approximate surface area is 148 Å². The van der Waals surface area contributed by atoms with Crippen LogP contribution in [0.15, 0.2) is 12.3 Å². The van der Waals surface area contributed by atoms with Gasteiger partial charge in [0.2, 0.25) is 10.0 Å². The van der Waals surface area contributed by atoms with Crippen molar-refractivity contribution in [2.24, 2.45) is 0 Å². The molecule has 12 heteroatoms. The van der Waals surface area contributed by atoms with Crippen LogP contribution in [0.25, 0.3) is 0 Å². The average molecular weight is 396 g/mol. The molecule has 2 rings (SSSR count). The van der Waals surface area contributed by atoms with Gasteiger partial charge < -0.3 is 4.90 Å². The third kappa shape index (κ3) is 5.04. The molecule has 8 nitrogen and oxygen atoms in total. The van der Waals surface area contributed by atoms with E-state index in [1.54, 1.807) is 17.9 Å². The molecule has 0 bridgehead atoms. The summed E-state index contributed by atoms with van der Waals surface area (Å²) in [6, 6.07) is 0.796. The zero-order valence-corrected chi connectivity index (χ0v) is 15.0. The number of rotatable bonds is 5. The van der Waals surface area contributed by atoms with Crippen molar-refractivity contribution in [3.8, 4) is 0 Å². The van der Waals surface area contributed by atoms with Crippen molar-refractivity contribution in [2.75, 3.05) is 30.8 Å². The first kappa shape index (κ1) is 20.4. The summed E-state index contributed by atoms with van der Waals surface area (Å²) < 4.78 is 62.1. The minimum absolute atomic E-state index is 0.114. The fraction of sp³-hybridized carbons (Fsp3) is 0.643. The smallest absolute Gasteiger partial charge is 0.356 e. The van der Waals surface area contributed by atoms with Gasteiger partial charge in [-0.05, 0) is 25.8 Å². The minimum atomic E-state index is -4.61. The highest BCUT2D eigenvalue weighted by atomic mass is 32.2. The lowest BCUT2D eigenvalue weighted by molar-refractivity contribution is -0.385. The van der Waals surface area contributed by atoms with Gasteiger partial charge in [-0.2, -0.15) is 17.5 Å². The van der Waals surface area contributed by atoms with Crippen molar-refractivity contribution >= 4 is 21.5 Å². The first-order valence-electron chi connectivity index (χ1n) is 7.78. The van der Waals surface area contributed by atoms with Crippen LogP contribution in [0.2, 0.25) is 0 Å². The average Bonchev–Trinajstić information content (AvgIpc) is 2.50. The lowest BCUT2D eigenvalue weighted by Gasteiger charge is -2.38. The number of nitro groups is 1. The number of anilines is 1. The van der Waals surface area contributed by atoms with Crippen molar-refractivity contribution in [3.05, 3.63) is 27.9 Å². The van der Waals surface area contributed by atoms with Crippen molar-refractivity contribution < 1.29 is 26.5 Å². The van der Waals surface area contributed by atoms with Crippen LogP contribution in [0.1, 0.15) is 18.4 Å². The van der Waals surface area contributed by atoms with Crippen LogP contribution in [-0.4, -0.2) is 60.7 Å². The molecule has 1 aliphatic rings. The monoisotopic (exact) mass is 396 g/mol. The Bertz CT molecular complexity index is 777. The third-order valence-electron chi connectivity index (χ3n) is 4.22. The number of hydrogen-bond acceptors (Lipinski definition) is 6. The molecule has 1 aromatic rings. The maximum Gasteiger partial charge on any atom is 0.402 e. The summed E-state index contributed by atoms with van der Waals surface area (Å²) in [5, 5.41) is 10.8. The van der Waals surface area contributed by atoms with Crippen LogP contribution in [0, 0.1) is 17.0 Å². The van der Waals surface area contributed by atoms with Crippen LogP contribution < -0.4 is 4.90 Å². The number of halogens is 3. The number of aromatic nitrogens is 1. The maximum absolute atomic E-state index is 12.7. The summed E-state index contributed by atoms with van der Waals surface area (Å²) in [5.41, 5.74) is 0.314. The molecule has 0 radical (unpaired) electrons.